The first-order valence-corrected chi connectivity index (χ1v) is 11.3. The molecular formula is C23H18F3N3O3S. The van der Waals surface area contributed by atoms with Crippen LogP contribution >= 0.6 is 0 Å². The monoisotopic (exact) mass is 473 g/mol. The summed E-state index contributed by atoms with van der Waals surface area (Å²) in [4.78, 5) is 28.3. The van der Waals surface area contributed by atoms with E-state index < -0.39 is 39.9 Å². The number of halogens is 3. The summed E-state index contributed by atoms with van der Waals surface area (Å²) in [5.74, 6) is -2.82. The van der Waals surface area contributed by atoms with Crippen molar-refractivity contribution in [2.45, 2.75) is 13.5 Å². The number of aromatic amines is 1. The van der Waals surface area contributed by atoms with Crippen molar-refractivity contribution in [3.63, 3.8) is 0 Å². The number of nitrogens with zero attached hydrogens (tertiary/aromatic N) is 1. The SMILES string of the molecule is Cc1cc2c(-c3ccc[nH]c3=O)c(C(=O)NS(C)=O)n(Cc3cc(F)ccc3F)c2cc1F. The van der Waals surface area contributed by atoms with Gasteiger partial charge in [-0.25, -0.2) is 17.4 Å². The number of nitrogens with one attached hydrogen (secondary N) is 2. The van der Waals surface area contributed by atoms with Gasteiger partial charge in [-0.2, -0.15) is 0 Å². The second-order valence-corrected chi connectivity index (χ2v) is 8.57. The quantitative estimate of drug-likeness (QED) is 0.463. The highest BCUT2D eigenvalue weighted by Crippen LogP contribution is 2.36. The van der Waals surface area contributed by atoms with Crippen molar-refractivity contribution in [1.82, 2.24) is 14.3 Å². The molecule has 1 unspecified atom stereocenters. The Labute approximate surface area is 188 Å². The molecule has 4 rings (SSSR count). The Bertz CT molecular complexity index is 1490. The smallest absolute Gasteiger partial charge is 0.280 e. The van der Waals surface area contributed by atoms with E-state index in [2.05, 4.69) is 9.71 Å². The highest BCUT2D eigenvalue weighted by molar-refractivity contribution is 7.82. The standard InChI is InChI=1S/C23H18F3N3O3S/c1-12-8-16-19(10-18(12)26)29(11-13-9-14(24)5-6-17(13)25)21(23(31)28-33(2)32)20(16)15-4-3-7-27-22(15)30/h3-10H,11H2,1-2H3,(H,27,30)(H,28,31). The molecule has 170 valence electrons. The molecule has 0 saturated heterocycles. The zero-order valence-electron chi connectivity index (χ0n) is 17.5. The summed E-state index contributed by atoms with van der Waals surface area (Å²) in [6, 6.07) is 8.57. The molecule has 2 aromatic carbocycles. The number of benzene rings is 2. The Morgan fingerprint density at radius 1 is 1.12 bits per heavy atom. The van der Waals surface area contributed by atoms with Crippen LogP contribution in [0.2, 0.25) is 0 Å². The summed E-state index contributed by atoms with van der Waals surface area (Å²) in [6.07, 6.45) is 2.66. The van der Waals surface area contributed by atoms with Gasteiger partial charge in [0.1, 0.15) is 34.1 Å². The van der Waals surface area contributed by atoms with Gasteiger partial charge in [0.15, 0.2) is 0 Å². The molecule has 2 N–H and O–H groups in total. The van der Waals surface area contributed by atoms with Gasteiger partial charge < -0.3 is 9.55 Å². The van der Waals surface area contributed by atoms with E-state index in [0.29, 0.717) is 5.39 Å². The molecule has 0 radical (unpaired) electrons. The molecule has 6 nitrogen and oxygen atoms in total. The Balaban J connectivity index is 2.13. The molecule has 1 atom stereocenters. The first kappa shape index (κ1) is 22.5. The minimum atomic E-state index is -1.77. The van der Waals surface area contributed by atoms with E-state index in [1.54, 1.807) is 6.07 Å². The van der Waals surface area contributed by atoms with E-state index in [9.17, 15) is 27.0 Å². The van der Waals surface area contributed by atoms with Gasteiger partial charge in [0.05, 0.1) is 12.1 Å². The lowest BCUT2D eigenvalue weighted by molar-refractivity contribution is 0.0975. The second kappa shape index (κ2) is 8.70. The molecule has 2 heterocycles. The van der Waals surface area contributed by atoms with Crippen molar-refractivity contribution in [2.75, 3.05) is 6.26 Å². The van der Waals surface area contributed by atoms with Gasteiger partial charge in [0.25, 0.3) is 11.5 Å². The Hall–Kier alpha value is -3.66. The van der Waals surface area contributed by atoms with E-state index in [0.717, 1.165) is 18.2 Å². The van der Waals surface area contributed by atoms with E-state index in [4.69, 9.17) is 0 Å². The van der Waals surface area contributed by atoms with Crippen LogP contribution in [0.5, 0.6) is 0 Å². The van der Waals surface area contributed by atoms with Crippen LogP contribution in [0.25, 0.3) is 22.0 Å². The fourth-order valence-electron chi connectivity index (χ4n) is 3.78. The van der Waals surface area contributed by atoms with Crippen LogP contribution in [0.15, 0.2) is 53.5 Å². The van der Waals surface area contributed by atoms with Gasteiger partial charge in [-0.05, 0) is 55.0 Å². The highest BCUT2D eigenvalue weighted by atomic mass is 32.2. The lowest BCUT2D eigenvalue weighted by Crippen LogP contribution is -2.28. The number of H-pyrrole nitrogens is 1. The zero-order chi connectivity index (χ0) is 23.9. The largest absolute Gasteiger partial charge is 0.331 e. The number of hydrogen-bond acceptors (Lipinski definition) is 3. The van der Waals surface area contributed by atoms with Gasteiger partial charge >= 0.3 is 0 Å². The molecule has 0 bridgehead atoms. The summed E-state index contributed by atoms with van der Waals surface area (Å²) < 4.78 is 58.2. The number of fused-ring (bicyclic) bond motifs is 1. The summed E-state index contributed by atoms with van der Waals surface area (Å²) in [5.41, 5.74) is -0.0160. The zero-order valence-corrected chi connectivity index (χ0v) is 18.4. The van der Waals surface area contributed by atoms with Crippen molar-refractivity contribution in [1.29, 1.82) is 0 Å². The average Bonchev–Trinajstić information content (AvgIpc) is 3.04. The molecule has 2 aromatic heterocycles. The van der Waals surface area contributed by atoms with Crippen molar-refractivity contribution in [3.05, 3.63) is 93.3 Å². The number of aromatic nitrogens is 2. The lowest BCUT2D eigenvalue weighted by atomic mass is 10.0. The summed E-state index contributed by atoms with van der Waals surface area (Å²) in [5, 5.41) is 0.356. The van der Waals surface area contributed by atoms with Crippen molar-refractivity contribution in [2.24, 2.45) is 0 Å². The molecule has 4 aromatic rings. The third-order valence-corrected chi connectivity index (χ3v) is 5.69. The van der Waals surface area contributed by atoms with Crippen LogP contribution in [-0.4, -0.2) is 25.9 Å². The minimum absolute atomic E-state index is 0.0897. The maximum Gasteiger partial charge on any atom is 0.280 e. The third kappa shape index (κ3) is 4.21. The van der Waals surface area contributed by atoms with Crippen molar-refractivity contribution < 1.29 is 22.2 Å². The Kier molecular flexibility index (Phi) is 5.94. The lowest BCUT2D eigenvalue weighted by Gasteiger charge is -2.13. The van der Waals surface area contributed by atoms with E-state index in [1.807, 2.05) is 0 Å². The van der Waals surface area contributed by atoms with Gasteiger partial charge in [-0.1, -0.05) is 0 Å². The normalized spacial score (nSPS) is 12.2. The second-order valence-electron chi connectivity index (χ2n) is 7.46. The molecule has 1 amide bonds. The maximum absolute atomic E-state index is 14.6. The van der Waals surface area contributed by atoms with Gasteiger partial charge in [0, 0.05) is 34.5 Å². The number of amides is 1. The van der Waals surface area contributed by atoms with Gasteiger partial charge in [-0.3, -0.25) is 14.3 Å². The van der Waals surface area contributed by atoms with Crippen LogP contribution in [0.4, 0.5) is 13.2 Å². The van der Waals surface area contributed by atoms with Crippen LogP contribution < -0.4 is 10.3 Å². The van der Waals surface area contributed by atoms with Gasteiger partial charge in [0.2, 0.25) is 0 Å². The molecule has 0 fully saturated rings. The van der Waals surface area contributed by atoms with Crippen LogP contribution in [0.1, 0.15) is 21.6 Å². The Morgan fingerprint density at radius 3 is 2.58 bits per heavy atom. The first-order valence-electron chi connectivity index (χ1n) is 9.76. The van der Waals surface area contributed by atoms with E-state index >= 15 is 0 Å². The van der Waals surface area contributed by atoms with Crippen molar-refractivity contribution >= 4 is 27.8 Å². The minimum Gasteiger partial charge on any atom is -0.331 e. The first-order chi connectivity index (χ1) is 15.7. The third-order valence-electron chi connectivity index (χ3n) is 5.22. The fraction of sp³-hybridized carbons (Fsp3) is 0.130. The van der Waals surface area contributed by atoms with E-state index in [1.165, 1.54) is 42.1 Å². The molecule has 10 heteroatoms. The predicted molar refractivity (Wildman–Crippen MR) is 120 cm³/mol. The fourth-order valence-corrected chi connectivity index (χ4v) is 4.14. The number of aryl methyl sites for hydroxylation is 1. The number of hydrogen-bond donors (Lipinski definition) is 2. The molecule has 0 aliphatic heterocycles. The topological polar surface area (TPSA) is 84.0 Å². The molecule has 0 spiro atoms. The van der Waals surface area contributed by atoms with E-state index in [-0.39, 0.29) is 40.0 Å². The van der Waals surface area contributed by atoms with Crippen LogP contribution in [0, 0.1) is 24.4 Å². The molecule has 0 aliphatic rings. The van der Waals surface area contributed by atoms with Crippen LogP contribution in [0.3, 0.4) is 0 Å². The van der Waals surface area contributed by atoms with Gasteiger partial charge in [-0.15, -0.1) is 0 Å². The summed E-state index contributed by atoms with van der Waals surface area (Å²) in [6.45, 7) is 1.19. The highest BCUT2D eigenvalue weighted by Gasteiger charge is 2.27. The van der Waals surface area contributed by atoms with Crippen LogP contribution in [-0.2, 0) is 17.5 Å². The summed E-state index contributed by atoms with van der Waals surface area (Å²) in [7, 11) is -1.77. The number of pyridine rings is 1. The van der Waals surface area contributed by atoms with Crippen molar-refractivity contribution in [3.8, 4) is 11.1 Å². The predicted octanol–water partition coefficient (Wildman–Crippen LogP) is 3.79. The molecule has 0 aliphatic carbocycles. The number of carbonyl (C=O) groups is 1. The molecule has 33 heavy (non-hydrogen) atoms. The average molecular weight is 473 g/mol. The maximum atomic E-state index is 14.6. The number of rotatable bonds is 5. The molecular weight excluding hydrogens is 455 g/mol. The molecule has 0 saturated carbocycles. The summed E-state index contributed by atoms with van der Waals surface area (Å²) >= 11 is 0. The number of carbonyl (C=O) groups excluding carboxylic acids is 1. The Morgan fingerprint density at radius 2 is 1.88 bits per heavy atom.